The zero-order valence-electron chi connectivity index (χ0n) is 11.5. The number of carboxylic acids is 1. The Labute approximate surface area is 117 Å². The number of hydrogen-bond acceptors (Lipinski definition) is 3. The molecule has 7 heteroatoms. The molecule has 2 heterocycles. The lowest BCUT2D eigenvalue weighted by atomic mass is 10.1. The molecule has 2 rings (SSSR count). The molecule has 3 amide bonds. The minimum Gasteiger partial charge on any atom is -0.481 e. The Bertz CT molecular complexity index is 461. The molecular formula is C13H19N3O4. The zero-order valence-corrected chi connectivity index (χ0v) is 11.5. The van der Waals surface area contributed by atoms with Crippen molar-refractivity contribution in [3.8, 4) is 0 Å². The highest BCUT2D eigenvalue weighted by Crippen LogP contribution is 2.16. The van der Waals surface area contributed by atoms with Gasteiger partial charge in [0.25, 0.3) is 0 Å². The lowest BCUT2D eigenvalue weighted by Gasteiger charge is -2.38. The predicted molar refractivity (Wildman–Crippen MR) is 71.1 cm³/mol. The molecule has 0 aromatic rings. The van der Waals surface area contributed by atoms with Crippen LogP contribution in [0.4, 0.5) is 4.79 Å². The summed E-state index contributed by atoms with van der Waals surface area (Å²) in [5.41, 5.74) is 1.11. The number of amides is 3. The van der Waals surface area contributed by atoms with Crippen molar-refractivity contribution < 1.29 is 19.5 Å². The first-order valence-electron chi connectivity index (χ1n) is 6.69. The average Bonchev–Trinajstić information content (AvgIpc) is 2.40. The maximum Gasteiger partial charge on any atom is 0.321 e. The molecule has 2 N–H and O–H groups in total. The minimum absolute atomic E-state index is 0.251. The van der Waals surface area contributed by atoms with Crippen LogP contribution in [0.5, 0.6) is 0 Å². The third-order valence-electron chi connectivity index (χ3n) is 3.55. The second-order valence-electron chi connectivity index (χ2n) is 5.14. The molecule has 0 saturated carbocycles. The Morgan fingerprint density at radius 1 is 1.45 bits per heavy atom. The van der Waals surface area contributed by atoms with Gasteiger partial charge < -0.3 is 20.2 Å². The van der Waals surface area contributed by atoms with Gasteiger partial charge in [0, 0.05) is 26.2 Å². The highest BCUT2D eigenvalue weighted by atomic mass is 16.4. The van der Waals surface area contributed by atoms with Crippen LogP contribution in [0, 0.1) is 0 Å². The van der Waals surface area contributed by atoms with Gasteiger partial charge in [0.05, 0.1) is 6.42 Å². The van der Waals surface area contributed by atoms with Gasteiger partial charge in [-0.05, 0) is 13.3 Å². The van der Waals surface area contributed by atoms with Crippen LogP contribution in [0.3, 0.4) is 0 Å². The molecule has 0 spiro atoms. The average molecular weight is 281 g/mol. The number of nitrogens with zero attached hydrogens (tertiary/aromatic N) is 2. The van der Waals surface area contributed by atoms with Gasteiger partial charge in [0.2, 0.25) is 5.91 Å². The molecule has 0 bridgehead atoms. The molecule has 110 valence electrons. The Morgan fingerprint density at radius 2 is 2.20 bits per heavy atom. The van der Waals surface area contributed by atoms with Gasteiger partial charge in [0.15, 0.2) is 0 Å². The topological polar surface area (TPSA) is 90.0 Å². The summed E-state index contributed by atoms with van der Waals surface area (Å²) < 4.78 is 0. The fourth-order valence-corrected chi connectivity index (χ4v) is 2.57. The van der Waals surface area contributed by atoms with Crippen molar-refractivity contribution in [2.75, 3.05) is 26.2 Å². The van der Waals surface area contributed by atoms with E-state index in [-0.39, 0.29) is 12.5 Å². The molecule has 0 aliphatic carbocycles. The number of carbonyl (C=O) groups is 3. The Balaban J connectivity index is 2.11. The van der Waals surface area contributed by atoms with Gasteiger partial charge in [-0.2, -0.15) is 0 Å². The van der Waals surface area contributed by atoms with Crippen molar-refractivity contribution in [3.05, 3.63) is 11.6 Å². The van der Waals surface area contributed by atoms with Gasteiger partial charge in [-0.1, -0.05) is 11.6 Å². The van der Waals surface area contributed by atoms with Crippen molar-refractivity contribution in [1.29, 1.82) is 0 Å². The molecule has 1 unspecified atom stereocenters. The molecular weight excluding hydrogens is 262 g/mol. The third-order valence-corrected chi connectivity index (χ3v) is 3.55. The van der Waals surface area contributed by atoms with Crippen LogP contribution in [0.15, 0.2) is 11.6 Å². The third kappa shape index (κ3) is 3.09. The van der Waals surface area contributed by atoms with Crippen molar-refractivity contribution in [2.24, 2.45) is 0 Å². The molecule has 1 saturated heterocycles. The van der Waals surface area contributed by atoms with E-state index in [1.807, 2.05) is 6.92 Å². The van der Waals surface area contributed by atoms with Gasteiger partial charge in [0.1, 0.15) is 6.04 Å². The molecule has 2 aliphatic heterocycles. The van der Waals surface area contributed by atoms with E-state index in [0.29, 0.717) is 26.2 Å². The first-order valence-corrected chi connectivity index (χ1v) is 6.69. The predicted octanol–water partition coefficient (Wildman–Crippen LogP) is 0.0335. The fraction of sp³-hybridized carbons (Fsp3) is 0.615. The van der Waals surface area contributed by atoms with E-state index < -0.39 is 17.9 Å². The highest BCUT2D eigenvalue weighted by molar-refractivity contribution is 5.91. The SMILES string of the molecule is CC1=CCCN(C(=O)N2CCNC(=O)C2CC(=O)O)C1. The largest absolute Gasteiger partial charge is 0.481 e. The molecule has 0 radical (unpaired) electrons. The van der Waals surface area contributed by atoms with E-state index in [1.54, 1.807) is 4.90 Å². The minimum atomic E-state index is -1.08. The quantitative estimate of drug-likeness (QED) is 0.699. The Morgan fingerprint density at radius 3 is 2.85 bits per heavy atom. The number of nitrogens with one attached hydrogen (secondary N) is 1. The number of carbonyl (C=O) groups excluding carboxylic acids is 2. The molecule has 1 atom stereocenters. The van der Waals surface area contributed by atoms with E-state index in [2.05, 4.69) is 11.4 Å². The summed E-state index contributed by atoms with van der Waals surface area (Å²) in [6.45, 7) is 3.81. The Kier molecular flexibility index (Phi) is 4.26. The monoisotopic (exact) mass is 281 g/mol. The highest BCUT2D eigenvalue weighted by Gasteiger charge is 2.36. The van der Waals surface area contributed by atoms with Gasteiger partial charge >= 0.3 is 12.0 Å². The van der Waals surface area contributed by atoms with Crippen LogP contribution in [0.2, 0.25) is 0 Å². The van der Waals surface area contributed by atoms with Crippen LogP contribution in [0.25, 0.3) is 0 Å². The van der Waals surface area contributed by atoms with Crippen molar-refractivity contribution in [1.82, 2.24) is 15.1 Å². The summed E-state index contributed by atoms with van der Waals surface area (Å²) in [4.78, 5) is 38.2. The van der Waals surface area contributed by atoms with Gasteiger partial charge in [-0.15, -0.1) is 0 Å². The van der Waals surface area contributed by atoms with E-state index in [4.69, 9.17) is 5.11 Å². The number of rotatable bonds is 2. The standard InChI is InChI=1S/C13H19N3O4/c1-9-3-2-5-15(8-9)13(20)16-6-4-14-12(19)10(16)7-11(17)18/h3,10H,2,4-8H2,1H3,(H,14,19)(H,17,18). The lowest BCUT2D eigenvalue weighted by Crippen LogP contribution is -2.60. The molecule has 1 fully saturated rings. The number of urea groups is 1. The van der Waals surface area contributed by atoms with E-state index >= 15 is 0 Å². The second-order valence-corrected chi connectivity index (χ2v) is 5.14. The van der Waals surface area contributed by atoms with E-state index in [1.165, 1.54) is 4.90 Å². The number of carboxylic acid groups (broad SMARTS) is 1. The summed E-state index contributed by atoms with van der Waals surface area (Å²) in [6.07, 6.45) is 2.52. The van der Waals surface area contributed by atoms with Crippen molar-refractivity contribution in [3.63, 3.8) is 0 Å². The van der Waals surface area contributed by atoms with Crippen LogP contribution in [-0.4, -0.2) is 65.0 Å². The second kappa shape index (κ2) is 5.94. The fourth-order valence-electron chi connectivity index (χ4n) is 2.57. The Hall–Kier alpha value is -2.05. The normalized spacial score (nSPS) is 23.1. The van der Waals surface area contributed by atoms with Crippen LogP contribution < -0.4 is 5.32 Å². The maximum absolute atomic E-state index is 12.5. The molecule has 0 aromatic heterocycles. The summed E-state index contributed by atoms with van der Waals surface area (Å²) in [7, 11) is 0. The van der Waals surface area contributed by atoms with Crippen LogP contribution in [0.1, 0.15) is 19.8 Å². The summed E-state index contributed by atoms with van der Waals surface area (Å²) >= 11 is 0. The first kappa shape index (κ1) is 14.4. The van der Waals surface area contributed by atoms with Crippen LogP contribution in [-0.2, 0) is 9.59 Å². The molecule has 7 nitrogen and oxygen atoms in total. The lowest BCUT2D eigenvalue weighted by molar-refractivity contribution is -0.142. The maximum atomic E-state index is 12.5. The number of piperazine rings is 1. The molecule has 20 heavy (non-hydrogen) atoms. The molecule has 0 aromatic carbocycles. The van der Waals surface area contributed by atoms with E-state index in [9.17, 15) is 14.4 Å². The smallest absolute Gasteiger partial charge is 0.321 e. The summed E-state index contributed by atoms with van der Waals surface area (Å²) in [6, 6.07) is -1.17. The van der Waals surface area contributed by atoms with Crippen molar-refractivity contribution >= 4 is 17.9 Å². The van der Waals surface area contributed by atoms with Gasteiger partial charge in [-0.25, -0.2) is 4.79 Å². The van der Waals surface area contributed by atoms with Crippen LogP contribution >= 0.6 is 0 Å². The number of hydrogen-bond donors (Lipinski definition) is 2. The van der Waals surface area contributed by atoms with E-state index in [0.717, 1.165) is 12.0 Å². The van der Waals surface area contributed by atoms with Gasteiger partial charge in [-0.3, -0.25) is 9.59 Å². The zero-order chi connectivity index (χ0) is 14.7. The number of aliphatic carboxylic acids is 1. The summed E-state index contributed by atoms with van der Waals surface area (Å²) in [5.74, 6) is -1.48. The first-order chi connectivity index (χ1) is 9.49. The molecule has 2 aliphatic rings. The van der Waals surface area contributed by atoms with Crippen molar-refractivity contribution in [2.45, 2.75) is 25.8 Å². The summed E-state index contributed by atoms with van der Waals surface area (Å²) in [5, 5.41) is 11.5.